The SMILES string of the molecule is Cc1ccccc1C(C(=O)NC1CCCCC1)N(C(=O)Cn1cnc(C#N)c1C#N)c1cccc(F)c1. The van der Waals surface area contributed by atoms with E-state index < -0.39 is 17.8 Å². The number of hydrogen-bond acceptors (Lipinski definition) is 5. The smallest absolute Gasteiger partial charge is 0.248 e. The lowest BCUT2D eigenvalue weighted by Gasteiger charge is -2.34. The number of nitriles is 2. The molecule has 1 aromatic heterocycles. The molecule has 1 fully saturated rings. The standard InChI is InChI=1S/C28H27FN6O2/c1-19-8-5-6-13-23(19)27(28(37)33-21-10-3-2-4-11-21)35(22-12-7-9-20(29)14-22)26(36)17-34-18-32-24(15-30)25(34)16-31/h5-9,12-14,18,21,27H,2-4,10-11,17H2,1H3,(H,33,37). The van der Waals surface area contributed by atoms with Gasteiger partial charge in [0.05, 0.1) is 6.33 Å². The number of nitrogens with one attached hydrogen (secondary N) is 1. The predicted octanol–water partition coefficient (Wildman–Crippen LogP) is 4.30. The Bertz CT molecular complexity index is 1380. The number of nitrogens with zero attached hydrogens (tertiary/aromatic N) is 5. The van der Waals surface area contributed by atoms with E-state index in [-0.39, 0.29) is 35.6 Å². The molecule has 0 radical (unpaired) electrons. The van der Waals surface area contributed by atoms with Gasteiger partial charge in [-0.05, 0) is 49.1 Å². The number of imidazole rings is 1. The van der Waals surface area contributed by atoms with Crippen LogP contribution < -0.4 is 10.2 Å². The van der Waals surface area contributed by atoms with Crippen LogP contribution >= 0.6 is 0 Å². The van der Waals surface area contributed by atoms with Crippen LogP contribution in [0, 0.1) is 35.4 Å². The maximum absolute atomic E-state index is 14.4. The van der Waals surface area contributed by atoms with Gasteiger partial charge >= 0.3 is 0 Å². The maximum atomic E-state index is 14.4. The van der Waals surface area contributed by atoms with Crippen molar-refractivity contribution in [2.45, 2.75) is 57.7 Å². The van der Waals surface area contributed by atoms with Crippen LogP contribution in [0.5, 0.6) is 0 Å². The Labute approximate surface area is 215 Å². The van der Waals surface area contributed by atoms with E-state index in [9.17, 15) is 24.5 Å². The van der Waals surface area contributed by atoms with Gasteiger partial charge in [0.25, 0.3) is 0 Å². The molecule has 2 amide bonds. The Kier molecular flexibility index (Phi) is 7.95. The minimum absolute atomic E-state index is 0.00532. The van der Waals surface area contributed by atoms with Gasteiger partial charge in [0.1, 0.15) is 30.5 Å². The Morgan fingerprint density at radius 2 is 1.89 bits per heavy atom. The summed E-state index contributed by atoms with van der Waals surface area (Å²) in [5, 5.41) is 21.9. The first-order valence-electron chi connectivity index (χ1n) is 12.2. The average Bonchev–Trinajstić information content (AvgIpc) is 3.29. The molecule has 2 aromatic carbocycles. The zero-order chi connectivity index (χ0) is 26.4. The van der Waals surface area contributed by atoms with Crippen molar-refractivity contribution in [3.05, 3.63) is 83.2 Å². The van der Waals surface area contributed by atoms with E-state index in [4.69, 9.17) is 0 Å². The summed E-state index contributed by atoms with van der Waals surface area (Å²) in [5.41, 5.74) is 1.45. The van der Waals surface area contributed by atoms with Crippen LogP contribution in [0.15, 0.2) is 54.9 Å². The second-order valence-electron chi connectivity index (χ2n) is 9.14. The predicted molar refractivity (Wildman–Crippen MR) is 134 cm³/mol. The van der Waals surface area contributed by atoms with Crippen LogP contribution in [-0.4, -0.2) is 27.4 Å². The van der Waals surface area contributed by atoms with Gasteiger partial charge in [0, 0.05) is 11.7 Å². The largest absolute Gasteiger partial charge is 0.351 e. The molecule has 8 nitrogen and oxygen atoms in total. The molecule has 4 rings (SSSR count). The number of carbonyl (C=O) groups excluding carboxylic acids is 2. The molecular weight excluding hydrogens is 471 g/mol. The van der Waals surface area contributed by atoms with Crippen molar-refractivity contribution in [2.24, 2.45) is 0 Å². The fraction of sp³-hybridized carbons (Fsp3) is 0.321. The lowest BCUT2D eigenvalue weighted by atomic mass is 9.93. The third-order valence-electron chi connectivity index (χ3n) is 6.65. The number of rotatable bonds is 7. The molecule has 9 heteroatoms. The summed E-state index contributed by atoms with van der Waals surface area (Å²) >= 11 is 0. The van der Waals surface area contributed by atoms with Gasteiger partial charge in [-0.25, -0.2) is 9.37 Å². The molecule has 0 bridgehead atoms. The van der Waals surface area contributed by atoms with Crippen molar-refractivity contribution >= 4 is 17.5 Å². The summed E-state index contributed by atoms with van der Waals surface area (Å²) in [6.07, 6.45) is 6.12. The quantitative estimate of drug-likeness (QED) is 0.522. The van der Waals surface area contributed by atoms with Crippen molar-refractivity contribution in [1.29, 1.82) is 10.5 Å². The van der Waals surface area contributed by atoms with E-state index in [1.807, 2.05) is 31.2 Å². The summed E-state index contributed by atoms with van der Waals surface area (Å²) in [4.78, 5) is 33.0. The van der Waals surface area contributed by atoms with Crippen molar-refractivity contribution < 1.29 is 14.0 Å². The van der Waals surface area contributed by atoms with Crippen LogP contribution in [0.2, 0.25) is 0 Å². The Balaban J connectivity index is 1.80. The van der Waals surface area contributed by atoms with Gasteiger partial charge in [-0.1, -0.05) is 49.6 Å². The fourth-order valence-corrected chi connectivity index (χ4v) is 4.80. The van der Waals surface area contributed by atoms with E-state index in [1.165, 1.54) is 34.0 Å². The van der Waals surface area contributed by atoms with Crippen LogP contribution in [0.1, 0.15) is 60.7 Å². The highest BCUT2D eigenvalue weighted by Crippen LogP contribution is 2.31. The lowest BCUT2D eigenvalue weighted by Crippen LogP contribution is -2.48. The maximum Gasteiger partial charge on any atom is 0.248 e. The van der Waals surface area contributed by atoms with E-state index in [2.05, 4.69) is 10.3 Å². The Hall–Kier alpha value is -4.50. The number of carbonyl (C=O) groups is 2. The first kappa shape index (κ1) is 25.6. The minimum atomic E-state index is -1.08. The summed E-state index contributed by atoms with van der Waals surface area (Å²) in [7, 11) is 0. The molecule has 1 N–H and O–H groups in total. The molecule has 1 saturated carbocycles. The zero-order valence-corrected chi connectivity index (χ0v) is 20.5. The van der Waals surface area contributed by atoms with Crippen LogP contribution in [0.3, 0.4) is 0 Å². The summed E-state index contributed by atoms with van der Waals surface area (Å²) in [6.45, 7) is 1.49. The lowest BCUT2D eigenvalue weighted by molar-refractivity contribution is -0.127. The number of benzene rings is 2. The molecule has 188 valence electrons. The van der Waals surface area contributed by atoms with Crippen molar-refractivity contribution in [2.75, 3.05) is 4.90 Å². The summed E-state index contributed by atoms with van der Waals surface area (Å²) in [6, 6.07) is 15.4. The monoisotopic (exact) mass is 498 g/mol. The highest BCUT2D eigenvalue weighted by Gasteiger charge is 2.35. The van der Waals surface area contributed by atoms with Gasteiger partial charge in [-0.2, -0.15) is 10.5 Å². The molecule has 1 aliphatic rings. The molecular formula is C28H27FN6O2. The highest BCUT2D eigenvalue weighted by molar-refractivity contribution is 6.01. The number of anilines is 1. The van der Waals surface area contributed by atoms with Gasteiger partial charge < -0.3 is 9.88 Å². The van der Waals surface area contributed by atoms with Gasteiger partial charge in [-0.15, -0.1) is 0 Å². The highest BCUT2D eigenvalue weighted by atomic mass is 19.1. The van der Waals surface area contributed by atoms with Crippen LogP contribution in [0.4, 0.5) is 10.1 Å². The van der Waals surface area contributed by atoms with Crippen molar-refractivity contribution in [3.8, 4) is 12.1 Å². The molecule has 1 aliphatic carbocycles. The van der Waals surface area contributed by atoms with Crippen molar-refractivity contribution in [1.82, 2.24) is 14.9 Å². The molecule has 0 aliphatic heterocycles. The number of aryl methyl sites for hydroxylation is 1. The number of hydrogen-bond donors (Lipinski definition) is 1. The molecule has 1 unspecified atom stereocenters. The third-order valence-corrected chi connectivity index (χ3v) is 6.65. The normalized spacial score (nSPS) is 14.3. The summed E-state index contributed by atoms with van der Waals surface area (Å²) < 4.78 is 15.6. The minimum Gasteiger partial charge on any atom is -0.351 e. The van der Waals surface area contributed by atoms with E-state index in [0.29, 0.717) is 5.56 Å². The zero-order valence-electron chi connectivity index (χ0n) is 20.5. The van der Waals surface area contributed by atoms with Gasteiger partial charge in [0.15, 0.2) is 11.4 Å². The molecule has 1 heterocycles. The molecule has 0 saturated heterocycles. The number of aromatic nitrogens is 2. The Morgan fingerprint density at radius 3 is 2.57 bits per heavy atom. The molecule has 37 heavy (non-hydrogen) atoms. The van der Waals surface area contributed by atoms with E-state index in [0.717, 1.165) is 37.7 Å². The van der Waals surface area contributed by atoms with Gasteiger partial charge in [-0.3, -0.25) is 14.5 Å². The van der Waals surface area contributed by atoms with Crippen LogP contribution in [0.25, 0.3) is 0 Å². The first-order valence-corrected chi connectivity index (χ1v) is 12.2. The number of halogens is 1. The number of amides is 2. The third kappa shape index (κ3) is 5.68. The van der Waals surface area contributed by atoms with E-state index >= 15 is 0 Å². The molecule has 0 spiro atoms. The first-order chi connectivity index (χ1) is 17.9. The van der Waals surface area contributed by atoms with Gasteiger partial charge in [0.2, 0.25) is 11.8 Å². The van der Waals surface area contributed by atoms with Crippen molar-refractivity contribution in [3.63, 3.8) is 0 Å². The molecule has 3 aromatic rings. The molecule has 1 atom stereocenters. The topological polar surface area (TPSA) is 115 Å². The Morgan fingerprint density at radius 1 is 1.14 bits per heavy atom. The second kappa shape index (κ2) is 11.5. The van der Waals surface area contributed by atoms with E-state index in [1.54, 1.807) is 18.2 Å². The second-order valence-corrected chi connectivity index (χ2v) is 9.14. The average molecular weight is 499 g/mol. The fourth-order valence-electron chi connectivity index (χ4n) is 4.80. The summed E-state index contributed by atoms with van der Waals surface area (Å²) in [5.74, 6) is -1.47. The van der Waals surface area contributed by atoms with Crippen LogP contribution in [-0.2, 0) is 16.1 Å².